The van der Waals surface area contributed by atoms with Gasteiger partial charge in [-0.05, 0) is 24.8 Å². The van der Waals surface area contributed by atoms with Gasteiger partial charge in [-0.25, -0.2) is 9.78 Å². The minimum absolute atomic E-state index is 0.147. The molecule has 2 atom stereocenters. The van der Waals surface area contributed by atoms with Crippen LogP contribution in [0, 0.1) is 0 Å². The molecule has 1 aliphatic carbocycles. The van der Waals surface area contributed by atoms with Crippen LogP contribution in [0.2, 0.25) is 0 Å². The average molecular weight is 342 g/mol. The van der Waals surface area contributed by atoms with Crippen molar-refractivity contribution in [2.24, 2.45) is 0 Å². The zero-order valence-electron chi connectivity index (χ0n) is 14.4. The van der Waals surface area contributed by atoms with Crippen molar-refractivity contribution in [2.75, 3.05) is 0 Å². The monoisotopic (exact) mass is 342 g/mol. The molecule has 2 amide bonds. The highest BCUT2D eigenvalue weighted by molar-refractivity contribution is 5.74. The lowest BCUT2D eigenvalue weighted by Crippen LogP contribution is -2.48. The molecule has 0 bridgehead atoms. The number of nitrogens with one attached hydrogen (secondary N) is 2. The van der Waals surface area contributed by atoms with E-state index in [2.05, 4.69) is 32.3 Å². The van der Waals surface area contributed by atoms with Gasteiger partial charge in [-0.3, -0.25) is 0 Å². The predicted molar refractivity (Wildman–Crippen MR) is 96.0 cm³/mol. The van der Waals surface area contributed by atoms with Crippen molar-refractivity contribution in [2.45, 2.75) is 57.3 Å². The van der Waals surface area contributed by atoms with Gasteiger partial charge in [0.15, 0.2) is 0 Å². The van der Waals surface area contributed by atoms with Crippen LogP contribution >= 0.6 is 0 Å². The molecule has 1 aromatic heterocycles. The molecular formula is C19H26N4O2. The molecule has 0 spiro atoms. The SMILES string of the molecule is O=C(NCc1nccn1CCc1ccccc1)N[C@@H]1CCCC[C@H]1O. The van der Waals surface area contributed by atoms with Crippen LogP contribution in [-0.4, -0.2) is 32.8 Å². The lowest BCUT2D eigenvalue weighted by atomic mass is 9.93. The van der Waals surface area contributed by atoms with Crippen LogP contribution in [0.4, 0.5) is 4.79 Å². The van der Waals surface area contributed by atoms with Crippen LogP contribution in [0.15, 0.2) is 42.7 Å². The van der Waals surface area contributed by atoms with E-state index in [-0.39, 0.29) is 12.1 Å². The van der Waals surface area contributed by atoms with Crippen molar-refractivity contribution in [3.63, 3.8) is 0 Å². The Kier molecular flexibility index (Phi) is 6.06. The summed E-state index contributed by atoms with van der Waals surface area (Å²) in [5.74, 6) is 0.829. The minimum Gasteiger partial charge on any atom is -0.391 e. The Morgan fingerprint density at radius 1 is 1.24 bits per heavy atom. The first-order valence-corrected chi connectivity index (χ1v) is 8.99. The Labute approximate surface area is 148 Å². The van der Waals surface area contributed by atoms with Crippen LogP contribution in [0.3, 0.4) is 0 Å². The zero-order chi connectivity index (χ0) is 17.5. The normalized spacial score (nSPS) is 20.2. The van der Waals surface area contributed by atoms with Gasteiger partial charge < -0.3 is 20.3 Å². The first-order valence-electron chi connectivity index (χ1n) is 8.99. The summed E-state index contributed by atoms with van der Waals surface area (Å²) >= 11 is 0. The van der Waals surface area contributed by atoms with Crippen LogP contribution in [0.1, 0.15) is 37.1 Å². The molecule has 1 fully saturated rings. The Hall–Kier alpha value is -2.34. The predicted octanol–water partition coefficient (Wildman–Crippen LogP) is 2.23. The lowest BCUT2D eigenvalue weighted by Gasteiger charge is -2.28. The second kappa shape index (κ2) is 8.67. The number of aliphatic hydroxyl groups excluding tert-OH is 1. The van der Waals surface area contributed by atoms with Gasteiger partial charge in [-0.2, -0.15) is 0 Å². The van der Waals surface area contributed by atoms with Gasteiger partial charge in [0.25, 0.3) is 0 Å². The van der Waals surface area contributed by atoms with E-state index in [0.29, 0.717) is 6.54 Å². The van der Waals surface area contributed by atoms with Gasteiger partial charge in [0, 0.05) is 18.9 Å². The molecule has 1 aliphatic rings. The fourth-order valence-electron chi connectivity index (χ4n) is 3.26. The number of aliphatic hydroxyl groups is 1. The highest BCUT2D eigenvalue weighted by Gasteiger charge is 2.24. The molecule has 2 aromatic rings. The smallest absolute Gasteiger partial charge is 0.315 e. The van der Waals surface area contributed by atoms with Crippen molar-refractivity contribution in [1.29, 1.82) is 0 Å². The fourth-order valence-corrected chi connectivity index (χ4v) is 3.26. The summed E-state index contributed by atoms with van der Waals surface area (Å²) in [5, 5.41) is 15.7. The largest absolute Gasteiger partial charge is 0.391 e. The number of benzene rings is 1. The van der Waals surface area contributed by atoms with E-state index < -0.39 is 6.10 Å². The Morgan fingerprint density at radius 3 is 2.84 bits per heavy atom. The van der Waals surface area contributed by atoms with Crippen LogP contribution in [0.25, 0.3) is 0 Å². The van der Waals surface area contributed by atoms with E-state index in [4.69, 9.17) is 0 Å². The van der Waals surface area contributed by atoms with Gasteiger partial charge in [-0.15, -0.1) is 0 Å². The summed E-state index contributed by atoms with van der Waals surface area (Å²) in [6.07, 6.45) is 7.84. The topological polar surface area (TPSA) is 79.2 Å². The van der Waals surface area contributed by atoms with Crippen molar-refractivity contribution in [1.82, 2.24) is 20.2 Å². The number of hydrogen-bond donors (Lipinski definition) is 3. The van der Waals surface area contributed by atoms with E-state index in [1.165, 1.54) is 5.56 Å². The van der Waals surface area contributed by atoms with E-state index in [0.717, 1.165) is 44.5 Å². The molecule has 0 unspecified atom stereocenters. The van der Waals surface area contributed by atoms with Crippen molar-refractivity contribution in [3.05, 3.63) is 54.1 Å². The average Bonchev–Trinajstić information content (AvgIpc) is 3.08. The maximum absolute atomic E-state index is 12.1. The van der Waals surface area contributed by atoms with E-state index in [9.17, 15) is 9.90 Å². The van der Waals surface area contributed by atoms with Crippen LogP contribution in [0.5, 0.6) is 0 Å². The molecule has 6 heteroatoms. The molecule has 6 nitrogen and oxygen atoms in total. The highest BCUT2D eigenvalue weighted by Crippen LogP contribution is 2.18. The highest BCUT2D eigenvalue weighted by atomic mass is 16.3. The number of hydrogen-bond acceptors (Lipinski definition) is 3. The number of carbonyl (C=O) groups is 1. The van der Waals surface area contributed by atoms with E-state index in [1.807, 2.05) is 24.4 Å². The van der Waals surface area contributed by atoms with Gasteiger partial charge in [-0.1, -0.05) is 43.2 Å². The number of aryl methyl sites for hydroxylation is 2. The molecule has 1 heterocycles. The summed E-state index contributed by atoms with van der Waals surface area (Å²) in [6.45, 7) is 1.19. The summed E-state index contributed by atoms with van der Waals surface area (Å²) in [5.41, 5.74) is 1.28. The van der Waals surface area contributed by atoms with E-state index in [1.54, 1.807) is 6.20 Å². The molecule has 1 aromatic carbocycles. The third-order valence-corrected chi connectivity index (χ3v) is 4.74. The second-order valence-electron chi connectivity index (χ2n) is 6.56. The summed E-state index contributed by atoms with van der Waals surface area (Å²) in [7, 11) is 0. The zero-order valence-corrected chi connectivity index (χ0v) is 14.4. The second-order valence-corrected chi connectivity index (χ2v) is 6.56. The lowest BCUT2D eigenvalue weighted by molar-refractivity contribution is 0.0943. The van der Waals surface area contributed by atoms with Crippen molar-refractivity contribution in [3.8, 4) is 0 Å². The van der Waals surface area contributed by atoms with Gasteiger partial charge in [0.05, 0.1) is 18.7 Å². The first-order chi connectivity index (χ1) is 12.2. The molecule has 3 rings (SSSR count). The van der Waals surface area contributed by atoms with E-state index >= 15 is 0 Å². The number of carbonyl (C=O) groups excluding carboxylic acids is 1. The molecular weight excluding hydrogens is 316 g/mol. The third-order valence-electron chi connectivity index (χ3n) is 4.74. The third kappa shape index (κ3) is 5.06. The maximum Gasteiger partial charge on any atom is 0.315 e. The number of aromatic nitrogens is 2. The number of nitrogens with zero attached hydrogens (tertiary/aromatic N) is 2. The first kappa shape index (κ1) is 17.5. The van der Waals surface area contributed by atoms with Crippen LogP contribution < -0.4 is 10.6 Å². The fraction of sp³-hybridized carbons (Fsp3) is 0.474. The minimum atomic E-state index is -0.438. The Morgan fingerprint density at radius 2 is 2.04 bits per heavy atom. The maximum atomic E-state index is 12.1. The number of imidazole rings is 1. The molecule has 0 saturated heterocycles. The summed E-state index contributed by atoms with van der Waals surface area (Å²) in [4.78, 5) is 16.4. The molecule has 0 aliphatic heterocycles. The Balaban J connectivity index is 1.47. The van der Waals surface area contributed by atoms with Gasteiger partial charge in [0.1, 0.15) is 5.82 Å². The molecule has 134 valence electrons. The number of amides is 2. The van der Waals surface area contributed by atoms with Gasteiger partial charge >= 0.3 is 6.03 Å². The van der Waals surface area contributed by atoms with Gasteiger partial charge in [0.2, 0.25) is 0 Å². The Bertz CT molecular complexity index is 671. The van der Waals surface area contributed by atoms with Crippen molar-refractivity contribution < 1.29 is 9.90 Å². The molecule has 1 saturated carbocycles. The number of urea groups is 1. The van der Waals surface area contributed by atoms with Crippen LogP contribution in [-0.2, 0) is 19.5 Å². The molecule has 3 N–H and O–H groups in total. The molecule has 0 radical (unpaired) electrons. The molecule has 25 heavy (non-hydrogen) atoms. The summed E-state index contributed by atoms with van der Waals surface area (Å²) in [6, 6.07) is 9.91. The van der Waals surface area contributed by atoms with Crippen molar-refractivity contribution >= 4 is 6.03 Å². The standard InChI is InChI=1S/C19H26N4O2/c24-17-9-5-4-8-16(17)22-19(25)21-14-18-20-11-13-23(18)12-10-15-6-2-1-3-7-15/h1-3,6-7,11,13,16-17,24H,4-5,8-10,12,14H2,(H2,21,22,25)/t16-,17-/m1/s1. The summed E-state index contributed by atoms with van der Waals surface area (Å²) < 4.78 is 2.06. The number of rotatable bonds is 6. The quantitative estimate of drug-likeness (QED) is 0.753.